The molecule has 2 heterocycles. The number of halogens is 2. The van der Waals surface area contributed by atoms with Crippen LogP contribution in [0.2, 0.25) is 0 Å². The molecule has 2 aliphatic carbocycles. The van der Waals surface area contributed by atoms with Crippen molar-refractivity contribution in [3.63, 3.8) is 0 Å². The van der Waals surface area contributed by atoms with Gasteiger partial charge in [-0.15, -0.1) is 0 Å². The van der Waals surface area contributed by atoms with Crippen LogP contribution in [0.25, 0.3) is 0 Å². The zero-order valence-electron chi connectivity index (χ0n) is 9.86. The van der Waals surface area contributed by atoms with Crippen LogP contribution in [0.3, 0.4) is 0 Å². The summed E-state index contributed by atoms with van der Waals surface area (Å²) in [5, 5.41) is 0. The van der Waals surface area contributed by atoms with Gasteiger partial charge in [0.05, 0.1) is 6.54 Å². The number of carbonyl (C=O) groups excluding carboxylic acids is 2. The van der Waals surface area contributed by atoms with Crippen molar-refractivity contribution in [2.45, 2.75) is 50.1 Å². The molecule has 6 heteroatoms. The number of hydrogen-bond donors (Lipinski definition) is 0. The second-order valence-corrected chi connectivity index (χ2v) is 6.13. The van der Waals surface area contributed by atoms with Gasteiger partial charge in [0.15, 0.2) is 0 Å². The summed E-state index contributed by atoms with van der Waals surface area (Å²) >= 11 is 0. The summed E-state index contributed by atoms with van der Waals surface area (Å²) in [6.45, 7) is -0.599. The number of nitrogens with zero attached hydrogens (tertiary/aromatic N) is 2. The Labute approximate surface area is 103 Å². The van der Waals surface area contributed by atoms with Crippen molar-refractivity contribution in [1.29, 1.82) is 0 Å². The van der Waals surface area contributed by atoms with Crippen molar-refractivity contribution in [2.24, 2.45) is 5.41 Å². The van der Waals surface area contributed by atoms with Gasteiger partial charge in [-0.25, -0.2) is 13.6 Å². The van der Waals surface area contributed by atoms with Crippen molar-refractivity contribution in [1.82, 2.24) is 9.80 Å². The van der Waals surface area contributed by atoms with Crippen LogP contribution in [0.4, 0.5) is 13.6 Å². The molecule has 0 aromatic rings. The van der Waals surface area contributed by atoms with Crippen molar-refractivity contribution < 1.29 is 18.4 Å². The number of amides is 3. The van der Waals surface area contributed by atoms with Crippen LogP contribution in [0, 0.1) is 5.41 Å². The second kappa shape index (κ2) is 2.86. The van der Waals surface area contributed by atoms with Crippen LogP contribution < -0.4 is 0 Å². The Hall–Kier alpha value is -1.20. The smallest absolute Gasteiger partial charge is 0.306 e. The van der Waals surface area contributed by atoms with Crippen LogP contribution in [-0.2, 0) is 4.79 Å². The number of hydrogen-bond acceptors (Lipinski definition) is 2. The normalized spacial score (nSPS) is 39.2. The molecule has 1 unspecified atom stereocenters. The summed E-state index contributed by atoms with van der Waals surface area (Å²) in [6.07, 6.45) is 3.65. The number of carbonyl (C=O) groups is 2. The maximum absolute atomic E-state index is 13.2. The lowest BCUT2D eigenvalue weighted by Crippen LogP contribution is -2.41. The Morgan fingerprint density at radius 2 is 1.89 bits per heavy atom. The standard InChI is InChI=1S/C12H14F2N2O2/c13-12(14)4-7-9(17)16(10(18)15(7)6-12)8-5-11(8)2-1-3-11/h7-8H,1-6H2/t7-,8?/m0/s1. The summed E-state index contributed by atoms with van der Waals surface area (Å²) < 4.78 is 26.4. The number of imide groups is 1. The summed E-state index contributed by atoms with van der Waals surface area (Å²) in [6, 6.07) is -1.41. The Morgan fingerprint density at radius 3 is 2.39 bits per heavy atom. The molecule has 4 nitrogen and oxygen atoms in total. The molecule has 98 valence electrons. The van der Waals surface area contributed by atoms with Gasteiger partial charge in [-0.1, -0.05) is 6.42 Å². The third-order valence-electron chi connectivity index (χ3n) is 5.05. The van der Waals surface area contributed by atoms with Gasteiger partial charge in [0, 0.05) is 12.5 Å². The molecule has 2 aliphatic heterocycles. The summed E-state index contributed by atoms with van der Waals surface area (Å²) in [4.78, 5) is 26.6. The van der Waals surface area contributed by atoms with Gasteiger partial charge in [0.2, 0.25) is 0 Å². The predicted molar refractivity (Wildman–Crippen MR) is 57.0 cm³/mol. The van der Waals surface area contributed by atoms with Crippen molar-refractivity contribution in [2.75, 3.05) is 6.54 Å². The molecule has 1 spiro atoms. The second-order valence-electron chi connectivity index (χ2n) is 6.13. The molecule has 4 aliphatic rings. The van der Waals surface area contributed by atoms with Gasteiger partial charge in [-0.2, -0.15) is 0 Å². The first-order chi connectivity index (χ1) is 8.44. The van der Waals surface area contributed by atoms with Gasteiger partial charge in [0.1, 0.15) is 6.04 Å². The minimum atomic E-state index is -2.90. The molecule has 3 amide bonds. The SMILES string of the molecule is O=C1[C@@H]2CC(F)(F)CN2C(=O)N1C1CC12CCC2. The highest BCUT2D eigenvalue weighted by atomic mass is 19.3. The lowest BCUT2D eigenvalue weighted by atomic mass is 9.81. The number of rotatable bonds is 1. The first kappa shape index (κ1) is 10.7. The van der Waals surface area contributed by atoms with Crippen LogP contribution in [0.15, 0.2) is 0 Å². The van der Waals surface area contributed by atoms with Gasteiger partial charge in [-0.3, -0.25) is 9.69 Å². The van der Waals surface area contributed by atoms with E-state index in [0.29, 0.717) is 0 Å². The van der Waals surface area contributed by atoms with E-state index in [-0.39, 0.29) is 11.5 Å². The molecule has 0 bridgehead atoms. The fourth-order valence-electron chi connectivity index (χ4n) is 3.78. The first-order valence-corrected chi connectivity index (χ1v) is 6.45. The Morgan fingerprint density at radius 1 is 1.17 bits per heavy atom. The highest BCUT2D eigenvalue weighted by Gasteiger charge is 2.67. The topological polar surface area (TPSA) is 40.6 Å². The van der Waals surface area contributed by atoms with E-state index in [1.54, 1.807) is 0 Å². The zero-order chi connectivity index (χ0) is 12.7. The molecular weight excluding hydrogens is 242 g/mol. The molecule has 2 atom stereocenters. The Balaban J connectivity index is 1.58. The maximum Gasteiger partial charge on any atom is 0.327 e. The number of urea groups is 1. The molecule has 4 rings (SSSR count). The van der Waals surface area contributed by atoms with E-state index < -0.39 is 36.9 Å². The van der Waals surface area contributed by atoms with E-state index in [4.69, 9.17) is 0 Å². The van der Waals surface area contributed by atoms with E-state index in [2.05, 4.69) is 0 Å². The van der Waals surface area contributed by atoms with E-state index in [1.165, 1.54) is 4.90 Å². The first-order valence-electron chi connectivity index (χ1n) is 6.45. The molecule has 0 aromatic heterocycles. The predicted octanol–water partition coefficient (Wildman–Crippen LogP) is 1.60. The lowest BCUT2D eigenvalue weighted by Gasteiger charge is -2.29. The van der Waals surface area contributed by atoms with Crippen LogP contribution in [0.5, 0.6) is 0 Å². The van der Waals surface area contributed by atoms with Crippen molar-refractivity contribution in [3.05, 3.63) is 0 Å². The molecule has 0 radical (unpaired) electrons. The van der Waals surface area contributed by atoms with Gasteiger partial charge in [0.25, 0.3) is 11.8 Å². The third-order valence-corrected chi connectivity index (χ3v) is 5.05. The minimum Gasteiger partial charge on any atom is -0.306 e. The van der Waals surface area contributed by atoms with Crippen LogP contribution >= 0.6 is 0 Å². The number of fused-ring (bicyclic) bond motifs is 1. The van der Waals surface area contributed by atoms with E-state index >= 15 is 0 Å². The van der Waals surface area contributed by atoms with Gasteiger partial charge in [-0.05, 0) is 24.7 Å². The highest BCUT2D eigenvalue weighted by molar-refractivity contribution is 6.05. The fourth-order valence-corrected chi connectivity index (χ4v) is 3.78. The molecular formula is C12H14F2N2O2. The maximum atomic E-state index is 13.2. The molecule has 0 aromatic carbocycles. The van der Waals surface area contributed by atoms with Crippen molar-refractivity contribution in [3.8, 4) is 0 Å². The van der Waals surface area contributed by atoms with Crippen LogP contribution in [-0.4, -0.2) is 46.3 Å². The molecule has 18 heavy (non-hydrogen) atoms. The summed E-state index contributed by atoms with van der Waals surface area (Å²) in [5.74, 6) is -3.30. The minimum absolute atomic E-state index is 0.00882. The highest BCUT2D eigenvalue weighted by Crippen LogP contribution is 2.63. The fraction of sp³-hybridized carbons (Fsp3) is 0.833. The molecule has 0 N–H and O–H groups in total. The van der Waals surface area contributed by atoms with E-state index in [1.807, 2.05) is 0 Å². The summed E-state index contributed by atoms with van der Waals surface area (Å²) in [5.41, 5.74) is 0.160. The Bertz CT molecular complexity index is 435. The molecule has 2 saturated heterocycles. The Kier molecular flexibility index (Phi) is 1.70. The van der Waals surface area contributed by atoms with E-state index in [9.17, 15) is 18.4 Å². The average molecular weight is 256 g/mol. The largest absolute Gasteiger partial charge is 0.327 e. The van der Waals surface area contributed by atoms with Gasteiger partial charge < -0.3 is 4.90 Å². The third kappa shape index (κ3) is 1.14. The quantitative estimate of drug-likeness (QED) is 0.669. The lowest BCUT2D eigenvalue weighted by molar-refractivity contribution is -0.129. The van der Waals surface area contributed by atoms with E-state index in [0.717, 1.165) is 30.6 Å². The average Bonchev–Trinajstić information content (AvgIpc) is 2.84. The van der Waals surface area contributed by atoms with Crippen molar-refractivity contribution >= 4 is 11.9 Å². The molecule has 4 fully saturated rings. The molecule has 2 saturated carbocycles. The zero-order valence-corrected chi connectivity index (χ0v) is 9.86. The van der Waals surface area contributed by atoms with Crippen LogP contribution in [0.1, 0.15) is 32.1 Å². The monoisotopic (exact) mass is 256 g/mol. The summed E-state index contributed by atoms with van der Waals surface area (Å²) in [7, 11) is 0. The van der Waals surface area contributed by atoms with Gasteiger partial charge >= 0.3 is 6.03 Å². The number of alkyl halides is 2.